The van der Waals surface area contributed by atoms with Crippen molar-refractivity contribution in [2.75, 3.05) is 54.2 Å². The number of halogens is 1. The molecular formula is C18H30BrN3O4. The number of nitrogens with one attached hydrogen (secondary N) is 2. The fourth-order valence-electron chi connectivity index (χ4n) is 2.15. The molecule has 0 aliphatic carbocycles. The lowest BCUT2D eigenvalue weighted by Gasteiger charge is -2.13. The van der Waals surface area contributed by atoms with Gasteiger partial charge in [-0.1, -0.05) is 15.9 Å². The third-order valence-electron chi connectivity index (χ3n) is 3.49. The highest BCUT2D eigenvalue weighted by Gasteiger charge is 2.09. The van der Waals surface area contributed by atoms with Gasteiger partial charge in [-0.3, -0.25) is 0 Å². The highest BCUT2D eigenvalue weighted by atomic mass is 79.9. The summed E-state index contributed by atoms with van der Waals surface area (Å²) in [5.41, 5.74) is 1.02. The second-order valence-corrected chi connectivity index (χ2v) is 6.23. The fraction of sp³-hybridized carbons (Fsp3) is 0.611. The third kappa shape index (κ3) is 8.25. The van der Waals surface area contributed by atoms with Crippen molar-refractivity contribution in [1.29, 1.82) is 0 Å². The minimum atomic E-state index is 0.514. The lowest BCUT2D eigenvalue weighted by molar-refractivity contribution is 0.0698. The number of benzene rings is 1. The molecule has 0 aromatic heterocycles. The van der Waals surface area contributed by atoms with Crippen molar-refractivity contribution in [3.63, 3.8) is 0 Å². The van der Waals surface area contributed by atoms with Crippen LogP contribution < -0.4 is 20.1 Å². The first-order valence-corrected chi connectivity index (χ1v) is 9.44. The number of aliphatic imine (C=N–C) groups is 1. The minimum Gasteiger partial charge on any atom is -0.493 e. The molecule has 0 saturated carbocycles. The van der Waals surface area contributed by atoms with Gasteiger partial charge >= 0.3 is 0 Å². The van der Waals surface area contributed by atoms with Crippen LogP contribution >= 0.6 is 15.9 Å². The molecule has 0 heterocycles. The summed E-state index contributed by atoms with van der Waals surface area (Å²) in [5.74, 6) is 2.14. The maximum absolute atomic E-state index is 5.45. The molecule has 0 bridgehead atoms. The molecule has 0 saturated heterocycles. The summed E-state index contributed by atoms with van der Waals surface area (Å²) in [4.78, 5) is 4.63. The molecule has 26 heavy (non-hydrogen) atoms. The smallest absolute Gasteiger partial charge is 0.191 e. The maximum Gasteiger partial charge on any atom is 0.191 e. The molecule has 0 spiro atoms. The summed E-state index contributed by atoms with van der Waals surface area (Å²) in [5, 5.41) is 6.55. The van der Waals surface area contributed by atoms with E-state index in [1.165, 1.54) is 0 Å². The third-order valence-corrected chi connectivity index (χ3v) is 4.23. The van der Waals surface area contributed by atoms with Gasteiger partial charge in [0.25, 0.3) is 0 Å². The number of hydrogen-bond acceptors (Lipinski definition) is 5. The molecule has 2 N–H and O–H groups in total. The summed E-state index contributed by atoms with van der Waals surface area (Å²) in [7, 11) is 4.91. The van der Waals surface area contributed by atoms with E-state index in [2.05, 4.69) is 31.6 Å². The number of methoxy groups -OCH3 is 3. The molecule has 0 atom stereocenters. The van der Waals surface area contributed by atoms with Gasteiger partial charge in [-0.2, -0.15) is 0 Å². The number of hydrogen-bond donors (Lipinski definition) is 2. The summed E-state index contributed by atoms with van der Waals surface area (Å²) in [6.07, 6.45) is 0.897. The average Bonchev–Trinajstić information content (AvgIpc) is 2.65. The molecule has 1 rings (SSSR count). The van der Waals surface area contributed by atoms with Crippen LogP contribution in [0.2, 0.25) is 0 Å². The van der Waals surface area contributed by atoms with Crippen molar-refractivity contribution in [2.24, 2.45) is 4.99 Å². The highest BCUT2D eigenvalue weighted by molar-refractivity contribution is 9.10. The predicted octanol–water partition coefficient (Wildman–Crippen LogP) is 2.57. The van der Waals surface area contributed by atoms with Gasteiger partial charge in [0.05, 0.1) is 34.0 Å². The van der Waals surface area contributed by atoms with E-state index in [-0.39, 0.29) is 0 Å². The van der Waals surface area contributed by atoms with Crippen molar-refractivity contribution < 1.29 is 18.9 Å². The van der Waals surface area contributed by atoms with Gasteiger partial charge in [-0.25, -0.2) is 4.99 Å². The van der Waals surface area contributed by atoms with Gasteiger partial charge in [0.2, 0.25) is 0 Å². The zero-order valence-corrected chi connectivity index (χ0v) is 17.6. The Hall–Kier alpha value is -1.51. The summed E-state index contributed by atoms with van der Waals surface area (Å²) < 4.78 is 22.0. The van der Waals surface area contributed by atoms with E-state index in [0.29, 0.717) is 37.9 Å². The number of guanidine groups is 1. The Morgan fingerprint density at radius 2 is 1.77 bits per heavy atom. The molecule has 1 aromatic rings. The Bertz CT molecular complexity index is 555. The number of rotatable bonds is 12. The van der Waals surface area contributed by atoms with Gasteiger partial charge in [0, 0.05) is 31.3 Å². The van der Waals surface area contributed by atoms with Gasteiger partial charge in [0.15, 0.2) is 17.5 Å². The standard InChI is InChI=1S/C18H30BrN3O4/c1-5-20-18(21-7-6-8-26-10-9-23-2)22-13-14-11-16(24-3)17(25-4)12-15(14)19/h11-12H,5-10,13H2,1-4H3,(H2,20,21,22). The molecule has 0 radical (unpaired) electrons. The van der Waals surface area contributed by atoms with Crippen molar-refractivity contribution in [3.05, 3.63) is 22.2 Å². The van der Waals surface area contributed by atoms with Gasteiger partial charge in [-0.15, -0.1) is 0 Å². The molecule has 1 aromatic carbocycles. The number of ether oxygens (including phenoxy) is 4. The molecule has 0 aliphatic heterocycles. The topological polar surface area (TPSA) is 73.3 Å². The van der Waals surface area contributed by atoms with Crippen LogP contribution in [0.4, 0.5) is 0 Å². The van der Waals surface area contributed by atoms with Crippen LogP contribution in [-0.4, -0.2) is 60.2 Å². The first-order chi connectivity index (χ1) is 12.7. The minimum absolute atomic E-state index is 0.514. The Kier molecular flexibility index (Phi) is 11.8. The summed E-state index contributed by atoms with van der Waals surface area (Å²) in [6, 6.07) is 3.82. The lowest BCUT2D eigenvalue weighted by atomic mass is 10.2. The second-order valence-electron chi connectivity index (χ2n) is 5.38. The lowest BCUT2D eigenvalue weighted by Crippen LogP contribution is -2.38. The van der Waals surface area contributed by atoms with Crippen LogP contribution in [0, 0.1) is 0 Å². The van der Waals surface area contributed by atoms with Crippen LogP contribution in [-0.2, 0) is 16.0 Å². The monoisotopic (exact) mass is 431 g/mol. The van der Waals surface area contributed by atoms with E-state index in [0.717, 1.165) is 35.5 Å². The van der Waals surface area contributed by atoms with E-state index >= 15 is 0 Å². The molecule has 0 fully saturated rings. The van der Waals surface area contributed by atoms with E-state index < -0.39 is 0 Å². The summed E-state index contributed by atoms with van der Waals surface area (Å²) >= 11 is 3.56. The van der Waals surface area contributed by atoms with Gasteiger partial charge in [0.1, 0.15) is 0 Å². The molecule has 8 heteroatoms. The quantitative estimate of drug-likeness (QED) is 0.301. The normalized spacial score (nSPS) is 11.3. The van der Waals surface area contributed by atoms with Crippen LogP contribution in [0.1, 0.15) is 18.9 Å². The predicted molar refractivity (Wildman–Crippen MR) is 107 cm³/mol. The maximum atomic E-state index is 5.45. The van der Waals surface area contributed by atoms with E-state index in [1.807, 2.05) is 19.1 Å². The molecule has 0 amide bonds. The Balaban J connectivity index is 2.57. The van der Waals surface area contributed by atoms with Crippen molar-refractivity contribution in [3.8, 4) is 11.5 Å². The SMILES string of the molecule is CCNC(=NCc1cc(OC)c(OC)cc1Br)NCCCOCCOC. The van der Waals surface area contributed by atoms with Crippen molar-refractivity contribution >= 4 is 21.9 Å². The van der Waals surface area contributed by atoms with Crippen LogP contribution in [0.15, 0.2) is 21.6 Å². The number of nitrogens with zero attached hydrogens (tertiary/aromatic N) is 1. The van der Waals surface area contributed by atoms with Crippen molar-refractivity contribution in [1.82, 2.24) is 10.6 Å². The van der Waals surface area contributed by atoms with Crippen LogP contribution in [0.5, 0.6) is 11.5 Å². The zero-order valence-electron chi connectivity index (χ0n) is 16.1. The van der Waals surface area contributed by atoms with Crippen molar-refractivity contribution in [2.45, 2.75) is 19.9 Å². The summed E-state index contributed by atoms with van der Waals surface area (Å²) in [6.45, 7) is 6.07. The van der Waals surface area contributed by atoms with E-state index in [9.17, 15) is 0 Å². The molecule has 0 aliphatic rings. The Labute approximate surface area is 164 Å². The van der Waals surface area contributed by atoms with E-state index in [1.54, 1.807) is 21.3 Å². The van der Waals surface area contributed by atoms with Gasteiger partial charge in [-0.05, 0) is 31.0 Å². The second kappa shape index (κ2) is 13.7. The van der Waals surface area contributed by atoms with Gasteiger partial charge < -0.3 is 29.6 Å². The molecule has 148 valence electrons. The largest absolute Gasteiger partial charge is 0.493 e. The fourth-order valence-corrected chi connectivity index (χ4v) is 2.60. The van der Waals surface area contributed by atoms with E-state index in [4.69, 9.17) is 18.9 Å². The zero-order chi connectivity index (χ0) is 19.2. The first kappa shape index (κ1) is 22.5. The molecule has 0 unspecified atom stereocenters. The Morgan fingerprint density at radius 3 is 2.42 bits per heavy atom. The van der Waals surface area contributed by atoms with Crippen LogP contribution in [0.3, 0.4) is 0 Å². The first-order valence-electron chi connectivity index (χ1n) is 8.65. The highest BCUT2D eigenvalue weighted by Crippen LogP contribution is 2.33. The Morgan fingerprint density at radius 1 is 1.04 bits per heavy atom. The van der Waals surface area contributed by atoms with Crippen LogP contribution in [0.25, 0.3) is 0 Å². The average molecular weight is 432 g/mol. The molecular weight excluding hydrogens is 402 g/mol. The molecule has 7 nitrogen and oxygen atoms in total.